The number of aromatic nitrogens is 3. The molecule has 0 aliphatic rings. The third-order valence-corrected chi connectivity index (χ3v) is 1.70. The number of rotatable bonds is 5. The summed E-state index contributed by atoms with van der Waals surface area (Å²) >= 11 is 0. The van der Waals surface area contributed by atoms with E-state index in [1.165, 1.54) is 24.8 Å². The van der Waals surface area contributed by atoms with E-state index in [1.54, 1.807) is 0 Å². The fourth-order valence-electron chi connectivity index (χ4n) is 0.987. The number of aliphatic hydroxyl groups is 2. The van der Waals surface area contributed by atoms with Crippen molar-refractivity contribution in [3.8, 4) is 0 Å². The van der Waals surface area contributed by atoms with Crippen molar-refractivity contribution in [1.29, 1.82) is 0 Å². The van der Waals surface area contributed by atoms with Crippen molar-refractivity contribution in [2.45, 2.75) is 12.5 Å². The van der Waals surface area contributed by atoms with E-state index in [1.807, 2.05) is 0 Å². The Kier molecular flexibility index (Phi) is 3.90. The molecule has 1 rings (SSSR count). The van der Waals surface area contributed by atoms with Crippen molar-refractivity contribution >= 4 is 5.95 Å². The Morgan fingerprint density at radius 1 is 1.13 bits per heavy atom. The van der Waals surface area contributed by atoms with Crippen LogP contribution in [-0.4, -0.2) is 37.6 Å². The summed E-state index contributed by atoms with van der Waals surface area (Å²) in [4.78, 5) is 12.4. The van der Waals surface area contributed by atoms with E-state index < -0.39 is 12.5 Å². The minimum absolute atomic E-state index is 0.143. The van der Waals surface area contributed by atoms with E-state index in [9.17, 15) is 10.2 Å². The maximum atomic E-state index is 9.57. The van der Waals surface area contributed by atoms with Crippen LogP contribution in [0.15, 0.2) is 38.0 Å². The second-order valence-corrected chi connectivity index (χ2v) is 2.64. The standard InChI is InChI=1S/C9H12N4O2/c1-3-7(14)13(8(15)4-2)9-11-5-10-6-12-9/h3-8,14-15H,1-2H2. The fourth-order valence-corrected chi connectivity index (χ4v) is 0.987. The molecule has 0 aromatic carbocycles. The topological polar surface area (TPSA) is 82.4 Å². The van der Waals surface area contributed by atoms with Gasteiger partial charge in [0.15, 0.2) is 12.5 Å². The average molecular weight is 208 g/mol. The largest absolute Gasteiger partial charge is 0.370 e. The van der Waals surface area contributed by atoms with Gasteiger partial charge in [0.1, 0.15) is 12.7 Å². The van der Waals surface area contributed by atoms with Gasteiger partial charge < -0.3 is 10.2 Å². The van der Waals surface area contributed by atoms with Gasteiger partial charge in [-0.05, 0) is 12.2 Å². The average Bonchev–Trinajstić information content (AvgIpc) is 2.30. The number of anilines is 1. The van der Waals surface area contributed by atoms with E-state index >= 15 is 0 Å². The highest BCUT2D eigenvalue weighted by Gasteiger charge is 2.21. The second kappa shape index (κ2) is 5.18. The van der Waals surface area contributed by atoms with Crippen LogP contribution in [-0.2, 0) is 0 Å². The van der Waals surface area contributed by atoms with Crippen molar-refractivity contribution in [3.05, 3.63) is 38.0 Å². The normalized spacial score (nSPS) is 14.0. The summed E-state index contributed by atoms with van der Waals surface area (Å²) < 4.78 is 0. The van der Waals surface area contributed by atoms with Gasteiger partial charge in [-0.25, -0.2) is 15.0 Å². The molecule has 0 amide bonds. The first-order valence-electron chi connectivity index (χ1n) is 4.22. The van der Waals surface area contributed by atoms with Crippen LogP contribution in [0.25, 0.3) is 0 Å². The molecule has 1 aromatic rings. The minimum atomic E-state index is -1.10. The van der Waals surface area contributed by atoms with Crippen molar-refractivity contribution in [1.82, 2.24) is 15.0 Å². The monoisotopic (exact) mass is 208 g/mol. The number of nitrogens with zero attached hydrogens (tertiary/aromatic N) is 4. The molecule has 2 N–H and O–H groups in total. The predicted molar refractivity (Wildman–Crippen MR) is 54.7 cm³/mol. The van der Waals surface area contributed by atoms with E-state index in [0.717, 1.165) is 4.90 Å². The van der Waals surface area contributed by atoms with Gasteiger partial charge in [0, 0.05) is 0 Å². The molecule has 15 heavy (non-hydrogen) atoms. The summed E-state index contributed by atoms with van der Waals surface area (Å²) in [7, 11) is 0. The molecule has 2 atom stereocenters. The summed E-state index contributed by atoms with van der Waals surface area (Å²) in [6, 6.07) is 0. The second-order valence-electron chi connectivity index (χ2n) is 2.64. The highest BCUT2D eigenvalue weighted by molar-refractivity contribution is 5.32. The molecule has 2 unspecified atom stereocenters. The lowest BCUT2D eigenvalue weighted by atomic mass is 10.4. The Balaban J connectivity index is 3.01. The van der Waals surface area contributed by atoms with Gasteiger partial charge in [-0.2, -0.15) is 0 Å². The van der Waals surface area contributed by atoms with Gasteiger partial charge in [-0.15, -0.1) is 0 Å². The summed E-state index contributed by atoms with van der Waals surface area (Å²) in [5, 5.41) is 19.1. The van der Waals surface area contributed by atoms with Crippen molar-refractivity contribution in [2.75, 3.05) is 4.90 Å². The van der Waals surface area contributed by atoms with Gasteiger partial charge in [-0.3, -0.25) is 4.90 Å². The molecule has 0 fully saturated rings. The molecule has 0 radical (unpaired) electrons. The molecule has 6 heteroatoms. The van der Waals surface area contributed by atoms with Crippen LogP contribution in [0.2, 0.25) is 0 Å². The Morgan fingerprint density at radius 2 is 1.60 bits per heavy atom. The molecular weight excluding hydrogens is 196 g/mol. The van der Waals surface area contributed by atoms with Gasteiger partial charge in [0.25, 0.3) is 0 Å². The van der Waals surface area contributed by atoms with E-state index in [-0.39, 0.29) is 5.95 Å². The van der Waals surface area contributed by atoms with Gasteiger partial charge in [-0.1, -0.05) is 13.2 Å². The quantitative estimate of drug-likeness (QED) is 0.510. The van der Waals surface area contributed by atoms with Crippen molar-refractivity contribution in [2.24, 2.45) is 0 Å². The van der Waals surface area contributed by atoms with Gasteiger partial charge >= 0.3 is 0 Å². The van der Waals surface area contributed by atoms with Gasteiger partial charge in [0.2, 0.25) is 5.95 Å². The van der Waals surface area contributed by atoms with Crippen LogP contribution in [0.1, 0.15) is 0 Å². The smallest absolute Gasteiger partial charge is 0.232 e. The van der Waals surface area contributed by atoms with Crippen LogP contribution in [0.5, 0.6) is 0 Å². The number of hydrogen-bond acceptors (Lipinski definition) is 6. The lowest BCUT2D eigenvalue weighted by molar-refractivity contribution is 0.134. The number of hydrogen-bond donors (Lipinski definition) is 2. The predicted octanol–water partition coefficient (Wildman–Crippen LogP) is -0.313. The van der Waals surface area contributed by atoms with Crippen LogP contribution in [0, 0.1) is 0 Å². The molecule has 0 aliphatic carbocycles. The molecule has 1 aromatic heterocycles. The molecule has 0 aliphatic heterocycles. The minimum Gasteiger partial charge on any atom is -0.370 e. The summed E-state index contributed by atoms with van der Waals surface area (Å²) in [6.45, 7) is 6.83. The molecule has 0 saturated heterocycles. The van der Waals surface area contributed by atoms with Gasteiger partial charge in [0.05, 0.1) is 0 Å². The zero-order valence-corrected chi connectivity index (χ0v) is 8.06. The fraction of sp³-hybridized carbons (Fsp3) is 0.222. The van der Waals surface area contributed by atoms with E-state index in [0.29, 0.717) is 0 Å². The summed E-state index contributed by atoms with van der Waals surface area (Å²) in [5.41, 5.74) is 0. The molecule has 0 bridgehead atoms. The maximum Gasteiger partial charge on any atom is 0.232 e. The summed E-state index contributed by atoms with van der Waals surface area (Å²) in [6.07, 6.45) is 2.83. The molecule has 80 valence electrons. The Hall–Kier alpha value is -1.79. The van der Waals surface area contributed by atoms with Crippen LogP contribution in [0.4, 0.5) is 5.95 Å². The maximum absolute atomic E-state index is 9.57. The first-order chi connectivity index (χ1) is 7.20. The first kappa shape index (κ1) is 11.3. The highest BCUT2D eigenvalue weighted by atomic mass is 16.3. The third-order valence-electron chi connectivity index (χ3n) is 1.70. The lowest BCUT2D eigenvalue weighted by Gasteiger charge is -2.28. The van der Waals surface area contributed by atoms with Crippen molar-refractivity contribution in [3.63, 3.8) is 0 Å². The SMILES string of the molecule is C=CC(O)N(c1ncncn1)C(O)C=C. The highest BCUT2D eigenvalue weighted by Crippen LogP contribution is 2.12. The molecular formula is C9H12N4O2. The first-order valence-corrected chi connectivity index (χ1v) is 4.22. The lowest BCUT2D eigenvalue weighted by Crippen LogP contribution is -2.42. The molecule has 1 heterocycles. The Bertz CT molecular complexity index is 316. The van der Waals surface area contributed by atoms with E-state index in [2.05, 4.69) is 28.1 Å². The Labute approximate surface area is 87.2 Å². The third kappa shape index (κ3) is 2.58. The molecule has 0 saturated carbocycles. The van der Waals surface area contributed by atoms with Crippen molar-refractivity contribution < 1.29 is 10.2 Å². The van der Waals surface area contributed by atoms with E-state index in [4.69, 9.17) is 0 Å². The Morgan fingerprint density at radius 3 is 2.00 bits per heavy atom. The molecule has 0 spiro atoms. The zero-order valence-electron chi connectivity index (χ0n) is 8.06. The number of aliphatic hydroxyl groups excluding tert-OH is 2. The van der Waals surface area contributed by atoms with Crippen LogP contribution >= 0.6 is 0 Å². The van der Waals surface area contributed by atoms with Crippen LogP contribution < -0.4 is 4.90 Å². The summed E-state index contributed by atoms with van der Waals surface area (Å²) in [5.74, 6) is 0.143. The zero-order chi connectivity index (χ0) is 11.3. The van der Waals surface area contributed by atoms with Crippen LogP contribution in [0.3, 0.4) is 0 Å². The molecule has 6 nitrogen and oxygen atoms in total.